The number of hydrogen-bond acceptors (Lipinski definition) is 5. The first-order valence-corrected chi connectivity index (χ1v) is 7.39. The van der Waals surface area contributed by atoms with Crippen molar-refractivity contribution in [2.45, 2.75) is 24.8 Å². The third-order valence-corrected chi connectivity index (χ3v) is 3.89. The molecule has 7 nitrogen and oxygen atoms in total. The summed E-state index contributed by atoms with van der Waals surface area (Å²) < 4.78 is 39.1. The molecule has 1 aromatic rings. The van der Waals surface area contributed by atoms with Gasteiger partial charge in [0.05, 0.1) is 11.0 Å². The van der Waals surface area contributed by atoms with Crippen molar-refractivity contribution in [2.24, 2.45) is 0 Å². The third kappa shape index (κ3) is 4.51. The number of nitro groups is 1. The molecular formula is C11H16FN3O4S. The van der Waals surface area contributed by atoms with Crippen LogP contribution in [0.4, 0.5) is 10.1 Å². The molecule has 0 fully saturated rings. The van der Waals surface area contributed by atoms with Gasteiger partial charge in [-0.1, -0.05) is 13.8 Å². The smallest absolute Gasteiger partial charge is 0.292 e. The highest BCUT2D eigenvalue weighted by atomic mass is 32.2. The number of hydrogen-bond donors (Lipinski definition) is 2. The number of sulfonamides is 1. The van der Waals surface area contributed by atoms with Crippen LogP contribution in [-0.2, 0) is 10.0 Å². The third-order valence-electron chi connectivity index (χ3n) is 2.38. The summed E-state index contributed by atoms with van der Waals surface area (Å²) in [6.45, 7) is 4.26. The summed E-state index contributed by atoms with van der Waals surface area (Å²) in [6.07, 6.45) is 0. The summed E-state index contributed by atoms with van der Waals surface area (Å²) in [6, 6.07) is 2.53. The summed E-state index contributed by atoms with van der Waals surface area (Å²) in [4.78, 5) is 9.30. The number of benzene rings is 1. The molecule has 0 atom stereocenters. The lowest BCUT2D eigenvalue weighted by Gasteiger charge is -2.10. The molecule has 0 heterocycles. The Balaban J connectivity index is 2.90. The second-order valence-electron chi connectivity index (χ2n) is 4.38. The van der Waals surface area contributed by atoms with Crippen molar-refractivity contribution in [1.82, 2.24) is 10.0 Å². The zero-order valence-corrected chi connectivity index (χ0v) is 11.9. The molecule has 1 rings (SSSR count). The molecule has 2 N–H and O–H groups in total. The first-order valence-electron chi connectivity index (χ1n) is 5.91. The number of nitrogens with zero attached hydrogens (tertiary/aromatic N) is 1. The Hall–Kier alpha value is -1.58. The van der Waals surface area contributed by atoms with Gasteiger partial charge in [-0.2, -0.15) is 0 Å². The van der Waals surface area contributed by atoms with Crippen molar-refractivity contribution in [3.63, 3.8) is 0 Å². The number of rotatable bonds is 7. The predicted octanol–water partition coefficient (Wildman–Crippen LogP) is 1.01. The second-order valence-corrected chi connectivity index (χ2v) is 6.11. The van der Waals surface area contributed by atoms with Crippen LogP contribution in [0.2, 0.25) is 0 Å². The fraction of sp³-hybridized carbons (Fsp3) is 0.455. The maximum Gasteiger partial charge on any atom is 0.292 e. The maximum atomic E-state index is 13.0. The van der Waals surface area contributed by atoms with Crippen molar-refractivity contribution in [1.29, 1.82) is 0 Å². The number of halogens is 1. The average molecular weight is 305 g/mol. The van der Waals surface area contributed by atoms with Crippen molar-refractivity contribution in [3.05, 3.63) is 34.1 Å². The van der Waals surface area contributed by atoms with Gasteiger partial charge in [-0.05, 0) is 12.1 Å². The van der Waals surface area contributed by atoms with Crippen molar-refractivity contribution >= 4 is 15.7 Å². The van der Waals surface area contributed by atoms with Gasteiger partial charge >= 0.3 is 0 Å². The molecule has 0 aliphatic carbocycles. The van der Waals surface area contributed by atoms with Crippen LogP contribution in [0.3, 0.4) is 0 Å². The molecule has 0 aliphatic heterocycles. The predicted molar refractivity (Wildman–Crippen MR) is 71.4 cm³/mol. The lowest BCUT2D eigenvalue weighted by Crippen LogP contribution is -2.34. The largest absolute Gasteiger partial charge is 0.313 e. The zero-order chi connectivity index (χ0) is 15.3. The van der Waals surface area contributed by atoms with Gasteiger partial charge in [-0.25, -0.2) is 17.5 Å². The van der Waals surface area contributed by atoms with E-state index in [1.807, 2.05) is 13.8 Å². The van der Waals surface area contributed by atoms with Gasteiger partial charge in [0, 0.05) is 19.1 Å². The van der Waals surface area contributed by atoms with Gasteiger partial charge in [0.1, 0.15) is 5.82 Å². The SMILES string of the molecule is CC(C)NCCNS(=O)(=O)c1ccc(F)cc1[N+](=O)[O-]. The molecule has 0 unspecified atom stereocenters. The maximum absolute atomic E-state index is 13.0. The number of nitrogens with one attached hydrogen (secondary N) is 2. The Bertz CT molecular complexity index is 589. The normalized spacial score (nSPS) is 11.8. The van der Waals surface area contributed by atoms with Crippen LogP contribution >= 0.6 is 0 Å². The fourth-order valence-corrected chi connectivity index (χ4v) is 2.67. The summed E-state index contributed by atoms with van der Waals surface area (Å²) in [5.74, 6) is -0.864. The molecule has 0 saturated heterocycles. The van der Waals surface area contributed by atoms with E-state index >= 15 is 0 Å². The average Bonchev–Trinajstić information content (AvgIpc) is 2.34. The van der Waals surface area contributed by atoms with E-state index in [0.717, 1.165) is 12.1 Å². The van der Waals surface area contributed by atoms with E-state index in [9.17, 15) is 22.9 Å². The Morgan fingerprint density at radius 2 is 2.00 bits per heavy atom. The van der Waals surface area contributed by atoms with Crippen molar-refractivity contribution < 1.29 is 17.7 Å². The molecule has 0 spiro atoms. The second kappa shape index (κ2) is 6.73. The van der Waals surface area contributed by atoms with E-state index in [1.54, 1.807) is 0 Å². The summed E-state index contributed by atoms with van der Waals surface area (Å²) in [5, 5.41) is 13.8. The van der Waals surface area contributed by atoms with Gasteiger partial charge in [0.2, 0.25) is 10.0 Å². The summed E-state index contributed by atoms with van der Waals surface area (Å²) in [5.41, 5.74) is -0.783. The highest BCUT2D eigenvalue weighted by Crippen LogP contribution is 2.24. The quantitative estimate of drug-likeness (QED) is 0.445. The topological polar surface area (TPSA) is 101 Å². The van der Waals surface area contributed by atoms with Gasteiger partial charge in [0.15, 0.2) is 4.90 Å². The lowest BCUT2D eigenvalue weighted by molar-refractivity contribution is -0.388. The van der Waals surface area contributed by atoms with E-state index in [0.29, 0.717) is 12.6 Å². The van der Waals surface area contributed by atoms with Gasteiger partial charge in [-0.15, -0.1) is 0 Å². The lowest BCUT2D eigenvalue weighted by atomic mass is 10.3. The fourth-order valence-electron chi connectivity index (χ4n) is 1.48. The standard InChI is InChI=1S/C11H16FN3O4S/c1-8(2)13-5-6-14-20(18,19)11-4-3-9(12)7-10(11)15(16)17/h3-4,7-8,13-14H,5-6H2,1-2H3. The van der Waals surface area contributed by atoms with Gasteiger partial charge < -0.3 is 5.32 Å². The summed E-state index contributed by atoms with van der Waals surface area (Å²) in [7, 11) is -4.05. The van der Waals surface area contributed by atoms with Crippen LogP contribution in [0.5, 0.6) is 0 Å². The highest BCUT2D eigenvalue weighted by molar-refractivity contribution is 7.89. The minimum absolute atomic E-state index is 0.0784. The van der Waals surface area contributed by atoms with Crippen molar-refractivity contribution in [2.75, 3.05) is 13.1 Å². The van der Waals surface area contributed by atoms with E-state index in [1.165, 1.54) is 0 Å². The molecular weight excluding hydrogens is 289 g/mol. The molecule has 0 amide bonds. The molecule has 9 heteroatoms. The van der Waals surface area contributed by atoms with Gasteiger partial charge in [-0.3, -0.25) is 10.1 Å². The molecule has 0 bridgehead atoms. The Labute approximate surface area is 116 Å². The molecule has 1 aromatic carbocycles. The van der Waals surface area contributed by atoms with E-state index in [2.05, 4.69) is 10.0 Å². The van der Waals surface area contributed by atoms with Crippen LogP contribution in [0.1, 0.15) is 13.8 Å². The Morgan fingerprint density at radius 1 is 1.35 bits per heavy atom. The molecule has 0 saturated carbocycles. The van der Waals surface area contributed by atoms with Crippen LogP contribution in [0.15, 0.2) is 23.1 Å². The summed E-state index contributed by atoms with van der Waals surface area (Å²) >= 11 is 0. The zero-order valence-electron chi connectivity index (χ0n) is 11.1. The first-order chi connectivity index (χ1) is 9.24. The molecule has 0 aliphatic rings. The monoisotopic (exact) mass is 305 g/mol. The molecule has 0 aromatic heterocycles. The first kappa shape index (κ1) is 16.5. The Morgan fingerprint density at radius 3 is 2.55 bits per heavy atom. The molecule has 20 heavy (non-hydrogen) atoms. The van der Waals surface area contributed by atoms with Crippen LogP contribution in [0, 0.1) is 15.9 Å². The minimum Gasteiger partial charge on any atom is -0.313 e. The van der Waals surface area contributed by atoms with E-state index < -0.39 is 31.3 Å². The number of nitro benzene ring substituents is 1. The molecule has 0 radical (unpaired) electrons. The van der Waals surface area contributed by atoms with Crippen LogP contribution < -0.4 is 10.0 Å². The van der Waals surface area contributed by atoms with Crippen molar-refractivity contribution in [3.8, 4) is 0 Å². The van der Waals surface area contributed by atoms with Crippen LogP contribution in [0.25, 0.3) is 0 Å². The van der Waals surface area contributed by atoms with E-state index in [4.69, 9.17) is 0 Å². The van der Waals surface area contributed by atoms with Crippen LogP contribution in [-0.4, -0.2) is 32.5 Å². The Kier molecular flexibility index (Phi) is 5.54. The van der Waals surface area contributed by atoms with E-state index in [-0.39, 0.29) is 12.6 Å². The van der Waals surface area contributed by atoms with Gasteiger partial charge in [0.25, 0.3) is 5.69 Å². The molecule has 112 valence electrons. The highest BCUT2D eigenvalue weighted by Gasteiger charge is 2.25. The minimum atomic E-state index is -4.05.